The molecule has 0 N–H and O–H groups in total. The maximum absolute atomic E-state index is 13.2. The highest BCUT2D eigenvalue weighted by Gasteiger charge is 2.36. The second-order valence-corrected chi connectivity index (χ2v) is 11.9. The SMILES string of the molecule is CC1(C)c2ccccc2N(c2ccc(/C=C3\Cc4cc5ccsc5cc4C3=O)s2)c2ccccc21. The zero-order valence-electron chi connectivity index (χ0n) is 19.5. The van der Waals surface area contributed by atoms with Crippen LogP contribution in [0.25, 0.3) is 16.2 Å². The molecule has 0 saturated heterocycles. The number of allylic oxidation sites excluding steroid dienone is 1. The summed E-state index contributed by atoms with van der Waals surface area (Å²) in [5.41, 5.74) is 7.92. The Labute approximate surface area is 212 Å². The Bertz CT molecular complexity index is 1630. The lowest BCUT2D eigenvalue weighted by atomic mass is 9.74. The zero-order chi connectivity index (χ0) is 23.7. The van der Waals surface area contributed by atoms with Crippen molar-refractivity contribution in [3.05, 3.63) is 117 Å². The van der Waals surface area contributed by atoms with E-state index in [-0.39, 0.29) is 11.2 Å². The van der Waals surface area contributed by atoms with Gasteiger partial charge in [0.1, 0.15) is 5.00 Å². The van der Waals surface area contributed by atoms with Crippen LogP contribution in [0.1, 0.15) is 45.8 Å². The van der Waals surface area contributed by atoms with E-state index in [1.807, 2.05) is 0 Å². The molecule has 0 unspecified atom stereocenters. The van der Waals surface area contributed by atoms with E-state index in [0.29, 0.717) is 6.42 Å². The third kappa shape index (κ3) is 3.10. The van der Waals surface area contributed by atoms with Crippen LogP contribution in [0.4, 0.5) is 16.4 Å². The van der Waals surface area contributed by atoms with E-state index in [4.69, 9.17) is 0 Å². The van der Waals surface area contributed by atoms with Crippen molar-refractivity contribution in [3.8, 4) is 0 Å². The molecular weight excluding hydrogens is 466 g/mol. The lowest BCUT2D eigenvalue weighted by molar-refractivity contribution is 0.104. The maximum Gasteiger partial charge on any atom is 0.189 e. The summed E-state index contributed by atoms with van der Waals surface area (Å²) in [4.78, 5) is 16.7. The van der Waals surface area contributed by atoms with Crippen LogP contribution in [-0.4, -0.2) is 5.78 Å². The van der Waals surface area contributed by atoms with E-state index in [2.05, 4.69) is 109 Å². The van der Waals surface area contributed by atoms with Gasteiger partial charge >= 0.3 is 0 Å². The van der Waals surface area contributed by atoms with Crippen LogP contribution in [0, 0.1) is 0 Å². The van der Waals surface area contributed by atoms with Gasteiger partial charge in [0, 0.05) is 32.5 Å². The molecule has 0 radical (unpaired) electrons. The standard InChI is InChI=1S/C31H23NOS2/c1-31(2)24-7-3-5-9-26(24)32(27-10-6-4-8-25(27)31)29-12-11-22(35-29)17-21-16-20-15-19-13-14-34-28(19)18-23(20)30(21)33/h3-15,17-18H,16H2,1-2H3/b21-17+. The maximum atomic E-state index is 13.2. The van der Waals surface area contributed by atoms with Gasteiger partial charge in [-0.15, -0.1) is 22.7 Å². The molecular formula is C31H23NOS2. The van der Waals surface area contributed by atoms with Crippen LogP contribution in [0.3, 0.4) is 0 Å². The number of benzene rings is 3. The fourth-order valence-corrected chi connectivity index (χ4v) is 7.42. The fraction of sp³-hybridized carbons (Fsp3) is 0.129. The largest absolute Gasteiger partial charge is 0.301 e. The molecule has 7 rings (SSSR count). The van der Waals surface area contributed by atoms with Crippen molar-refractivity contribution in [3.63, 3.8) is 0 Å². The van der Waals surface area contributed by atoms with Gasteiger partial charge in [0.2, 0.25) is 0 Å². The summed E-state index contributed by atoms with van der Waals surface area (Å²) in [7, 11) is 0. The average molecular weight is 490 g/mol. The van der Waals surface area contributed by atoms with Crippen LogP contribution < -0.4 is 4.90 Å². The molecule has 170 valence electrons. The molecule has 1 aliphatic heterocycles. The first-order valence-corrected chi connectivity index (χ1v) is 13.5. The van der Waals surface area contributed by atoms with Gasteiger partial charge in [-0.3, -0.25) is 4.79 Å². The molecule has 3 heterocycles. The Morgan fingerprint density at radius 1 is 0.886 bits per heavy atom. The van der Waals surface area contributed by atoms with Crippen molar-refractivity contribution in [2.75, 3.05) is 4.90 Å². The number of ketones is 1. The van der Waals surface area contributed by atoms with E-state index in [9.17, 15) is 4.79 Å². The number of rotatable bonds is 2. The van der Waals surface area contributed by atoms with Gasteiger partial charge in [-0.2, -0.15) is 0 Å². The normalized spacial score (nSPS) is 17.0. The Morgan fingerprint density at radius 3 is 2.34 bits per heavy atom. The van der Waals surface area contributed by atoms with Crippen molar-refractivity contribution in [2.24, 2.45) is 0 Å². The Balaban J connectivity index is 1.29. The van der Waals surface area contributed by atoms with Crippen molar-refractivity contribution < 1.29 is 4.79 Å². The zero-order valence-corrected chi connectivity index (χ0v) is 21.2. The molecule has 0 spiro atoms. The molecule has 0 saturated carbocycles. The van der Waals surface area contributed by atoms with Crippen molar-refractivity contribution in [1.29, 1.82) is 0 Å². The molecule has 2 aromatic heterocycles. The summed E-state index contributed by atoms with van der Waals surface area (Å²) >= 11 is 3.43. The minimum absolute atomic E-state index is 0.0679. The third-order valence-corrected chi connectivity index (χ3v) is 9.28. The number of Topliss-reactive ketones (excluding diaryl/α,β-unsaturated/α-hetero) is 1. The molecule has 4 heteroatoms. The summed E-state index contributed by atoms with van der Waals surface area (Å²) in [5.74, 6) is 0.167. The first kappa shape index (κ1) is 20.9. The summed E-state index contributed by atoms with van der Waals surface area (Å²) in [6.45, 7) is 4.61. The van der Waals surface area contributed by atoms with Gasteiger partial charge in [0.15, 0.2) is 5.78 Å². The minimum Gasteiger partial charge on any atom is -0.301 e. The van der Waals surface area contributed by atoms with Crippen LogP contribution in [0.5, 0.6) is 0 Å². The number of hydrogen-bond donors (Lipinski definition) is 0. The molecule has 3 aromatic carbocycles. The molecule has 35 heavy (non-hydrogen) atoms. The Kier molecular flexibility index (Phi) is 4.48. The van der Waals surface area contributed by atoms with Gasteiger partial charge in [-0.25, -0.2) is 0 Å². The number of hydrogen-bond acceptors (Lipinski definition) is 4. The van der Waals surface area contributed by atoms with Crippen LogP contribution in [-0.2, 0) is 11.8 Å². The molecule has 0 atom stereocenters. The first-order valence-electron chi connectivity index (χ1n) is 11.8. The molecule has 0 fully saturated rings. The highest BCUT2D eigenvalue weighted by atomic mass is 32.1. The van der Waals surface area contributed by atoms with Gasteiger partial charge in [-0.05, 0) is 76.0 Å². The number of anilines is 3. The number of carbonyl (C=O) groups is 1. The Hall–Kier alpha value is -3.47. The quantitative estimate of drug-likeness (QED) is 0.231. The molecule has 5 aromatic rings. The molecule has 2 aliphatic rings. The van der Waals surface area contributed by atoms with Gasteiger partial charge < -0.3 is 4.90 Å². The average Bonchev–Trinajstić information content (AvgIpc) is 3.58. The van der Waals surface area contributed by atoms with E-state index in [0.717, 1.165) is 26.6 Å². The number of carbonyl (C=O) groups excluding carboxylic acids is 1. The second kappa shape index (κ2) is 7.51. The smallest absolute Gasteiger partial charge is 0.189 e. The van der Waals surface area contributed by atoms with E-state index < -0.39 is 0 Å². The minimum atomic E-state index is -0.0679. The van der Waals surface area contributed by atoms with E-state index in [1.165, 1.54) is 32.6 Å². The van der Waals surface area contributed by atoms with Crippen molar-refractivity contribution in [2.45, 2.75) is 25.7 Å². The monoisotopic (exact) mass is 489 g/mol. The first-order chi connectivity index (χ1) is 17.0. The lowest BCUT2D eigenvalue weighted by Gasteiger charge is -2.41. The van der Waals surface area contributed by atoms with E-state index in [1.54, 1.807) is 22.7 Å². The predicted molar refractivity (Wildman–Crippen MR) is 149 cm³/mol. The fourth-order valence-electron chi connectivity index (χ4n) is 5.61. The van der Waals surface area contributed by atoms with Crippen molar-refractivity contribution in [1.82, 2.24) is 0 Å². The highest BCUT2D eigenvalue weighted by molar-refractivity contribution is 7.17. The lowest BCUT2D eigenvalue weighted by Crippen LogP contribution is -2.30. The summed E-state index contributed by atoms with van der Waals surface area (Å²) in [6.07, 6.45) is 2.80. The van der Waals surface area contributed by atoms with Crippen LogP contribution >= 0.6 is 22.7 Å². The highest BCUT2D eigenvalue weighted by Crippen LogP contribution is 2.52. The molecule has 0 amide bonds. The molecule has 1 aliphatic carbocycles. The molecule has 0 bridgehead atoms. The predicted octanol–water partition coefficient (Wildman–Crippen LogP) is 8.89. The summed E-state index contributed by atoms with van der Waals surface area (Å²) in [6, 6.07) is 28.1. The van der Waals surface area contributed by atoms with Crippen LogP contribution in [0.15, 0.2) is 89.8 Å². The number of nitrogens with zero attached hydrogens (tertiary/aromatic N) is 1. The number of thiophene rings is 2. The van der Waals surface area contributed by atoms with Crippen molar-refractivity contribution >= 4 is 61.0 Å². The second-order valence-electron chi connectivity index (χ2n) is 9.81. The van der Waals surface area contributed by atoms with Gasteiger partial charge in [0.05, 0.1) is 11.4 Å². The summed E-state index contributed by atoms with van der Waals surface area (Å²) in [5, 5.41) is 4.48. The van der Waals surface area contributed by atoms with Gasteiger partial charge in [-0.1, -0.05) is 50.2 Å². The van der Waals surface area contributed by atoms with Gasteiger partial charge in [0.25, 0.3) is 0 Å². The topological polar surface area (TPSA) is 20.3 Å². The van der Waals surface area contributed by atoms with Crippen LogP contribution in [0.2, 0.25) is 0 Å². The third-order valence-electron chi connectivity index (χ3n) is 7.38. The summed E-state index contributed by atoms with van der Waals surface area (Å²) < 4.78 is 1.18. The van der Waals surface area contributed by atoms with E-state index >= 15 is 0 Å². The number of fused-ring (bicyclic) bond motifs is 4. The Morgan fingerprint density at radius 2 is 1.60 bits per heavy atom. The number of para-hydroxylation sites is 2. The molecule has 2 nitrogen and oxygen atoms in total.